The van der Waals surface area contributed by atoms with E-state index in [0.29, 0.717) is 29.3 Å². The van der Waals surface area contributed by atoms with Crippen LogP contribution >= 0.6 is 0 Å². The van der Waals surface area contributed by atoms with Crippen molar-refractivity contribution < 1.29 is 17.5 Å². The lowest BCUT2D eigenvalue weighted by molar-refractivity contribution is 0.0790. The fourth-order valence-electron chi connectivity index (χ4n) is 2.29. The summed E-state index contributed by atoms with van der Waals surface area (Å²) in [4.78, 5) is 7.93. The molecule has 0 aliphatic heterocycles. The van der Waals surface area contributed by atoms with Gasteiger partial charge in [-0.1, -0.05) is 5.21 Å². The van der Waals surface area contributed by atoms with E-state index in [1.807, 2.05) is 6.92 Å². The van der Waals surface area contributed by atoms with E-state index in [4.69, 9.17) is 4.74 Å². The lowest BCUT2D eigenvalue weighted by Gasteiger charge is -2.08. The molecule has 0 aliphatic carbocycles. The van der Waals surface area contributed by atoms with Gasteiger partial charge in [0, 0.05) is 24.6 Å². The first-order chi connectivity index (χ1) is 12.4. The van der Waals surface area contributed by atoms with E-state index in [1.54, 1.807) is 18.2 Å². The van der Waals surface area contributed by atoms with E-state index in [9.17, 15) is 12.8 Å². The Bertz CT molecular complexity index is 1020. The van der Waals surface area contributed by atoms with E-state index < -0.39 is 9.84 Å². The minimum absolute atomic E-state index is 0.109. The molecule has 0 amide bonds. The molecule has 2 heterocycles. The van der Waals surface area contributed by atoms with Crippen molar-refractivity contribution >= 4 is 9.84 Å². The van der Waals surface area contributed by atoms with Crippen LogP contribution in [0.15, 0.2) is 41.7 Å². The summed E-state index contributed by atoms with van der Waals surface area (Å²) in [5, 5.41) is 7.89. The molecule has 0 unspecified atom stereocenters. The fraction of sp³-hybridized carbons (Fsp3) is 0.250. The van der Waals surface area contributed by atoms with Gasteiger partial charge in [-0.05, 0) is 37.3 Å². The minimum Gasteiger partial charge on any atom is -0.359 e. The molecule has 3 aromatic rings. The zero-order valence-corrected chi connectivity index (χ0v) is 14.9. The quantitative estimate of drug-likeness (QED) is 0.605. The summed E-state index contributed by atoms with van der Waals surface area (Å²) >= 11 is 0. The van der Waals surface area contributed by atoms with Crippen molar-refractivity contribution in [2.45, 2.75) is 18.8 Å². The van der Waals surface area contributed by atoms with Crippen molar-refractivity contribution in [1.82, 2.24) is 25.0 Å². The molecule has 26 heavy (non-hydrogen) atoms. The Morgan fingerprint density at radius 3 is 2.58 bits per heavy atom. The Morgan fingerprint density at radius 1 is 1.19 bits per heavy atom. The van der Waals surface area contributed by atoms with Gasteiger partial charge >= 0.3 is 0 Å². The average Bonchev–Trinajstić information content (AvgIpc) is 3.04. The number of halogens is 1. The lowest BCUT2D eigenvalue weighted by atomic mass is 10.1. The van der Waals surface area contributed by atoms with Gasteiger partial charge in [0.2, 0.25) is 15.0 Å². The number of hydrogen-bond acceptors (Lipinski definition) is 7. The van der Waals surface area contributed by atoms with Gasteiger partial charge in [-0.15, -0.1) is 5.10 Å². The molecule has 0 aliphatic rings. The highest BCUT2D eigenvalue weighted by atomic mass is 32.2. The van der Waals surface area contributed by atoms with E-state index in [2.05, 4.69) is 20.3 Å². The van der Waals surface area contributed by atoms with Gasteiger partial charge in [0.25, 0.3) is 0 Å². The van der Waals surface area contributed by atoms with Crippen LogP contribution in [0.4, 0.5) is 4.39 Å². The van der Waals surface area contributed by atoms with Crippen LogP contribution in [0.1, 0.15) is 6.92 Å². The molecule has 0 saturated heterocycles. The molecule has 8 nitrogen and oxygen atoms in total. The largest absolute Gasteiger partial charge is 0.359 e. The highest BCUT2D eigenvalue weighted by molar-refractivity contribution is 7.90. The monoisotopic (exact) mass is 377 g/mol. The Kier molecular flexibility index (Phi) is 5.05. The molecule has 0 atom stereocenters. The number of rotatable bonds is 6. The van der Waals surface area contributed by atoms with Crippen LogP contribution in [0.3, 0.4) is 0 Å². The summed E-state index contributed by atoms with van der Waals surface area (Å²) < 4.78 is 43.6. The Labute approximate surface area is 149 Å². The second kappa shape index (κ2) is 7.26. The first kappa shape index (κ1) is 18.1. The summed E-state index contributed by atoms with van der Waals surface area (Å²) in [5.74, 6) is -0.376. The van der Waals surface area contributed by atoms with Crippen LogP contribution in [-0.4, -0.2) is 46.2 Å². The maximum absolute atomic E-state index is 13.2. The highest BCUT2D eigenvalue weighted by Gasteiger charge is 2.20. The van der Waals surface area contributed by atoms with Gasteiger partial charge in [-0.25, -0.2) is 27.5 Å². The second-order valence-corrected chi connectivity index (χ2v) is 7.32. The fourth-order valence-corrected chi connectivity index (χ4v) is 2.80. The summed E-state index contributed by atoms with van der Waals surface area (Å²) in [6.45, 7) is 2.41. The number of hydrogen-bond donors (Lipinski definition) is 0. The molecule has 0 radical (unpaired) electrons. The SMILES string of the molecule is CCOCn1nnc(-c2ccc(F)cc2)c1-c1ccnc(S(C)(=O)=O)n1. The van der Waals surface area contributed by atoms with Gasteiger partial charge in [-0.3, -0.25) is 0 Å². The van der Waals surface area contributed by atoms with E-state index in [-0.39, 0.29) is 17.7 Å². The molecule has 2 aromatic heterocycles. The van der Waals surface area contributed by atoms with Crippen molar-refractivity contribution in [2.75, 3.05) is 12.9 Å². The normalized spacial score (nSPS) is 11.7. The van der Waals surface area contributed by atoms with Gasteiger partial charge in [-0.2, -0.15) is 0 Å². The lowest BCUT2D eigenvalue weighted by Crippen LogP contribution is -2.09. The summed E-state index contributed by atoms with van der Waals surface area (Å²) in [7, 11) is -3.58. The third-order valence-electron chi connectivity index (χ3n) is 3.48. The van der Waals surface area contributed by atoms with Crippen LogP contribution in [0.25, 0.3) is 22.6 Å². The number of aromatic nitrogens is 5. The third kappa shape index (κ3) is 3.75. The molecule has 0 N–H and O–H groups in total. The van der Waals surface area contributed by atoms with Crippen LogP contribution in [0, 0.1) is 5.82 Å². The molecule has 0 bridgehead atoms. The van der Waals surface area contributed by atoms with Gasteiger partial charge in [0.05, 0.1) is 5.69 Å². The van der Waals surface area contributed by atoms with Crippen LogP contribution < -0.4 is 0 Å². The molecular weight excluding hydrogens is 361 g/mol. The van der Waals surface area contributed by atoms with Crippen molar-refractivity contribution in [3.05, 3.63) is 42.3 Å². The van der Waals surface area contributed by atoms with Gasteiger partial charge in [0.1, 0.15) is 23.9 Å². The topological polar surface area (TPSA) is 99.9 Å². The Balaban J connectivity index is 2.17. The maximum atomic E-state index is 13.2. The predicted molar refractivity (Wildman–Crippen MR) is 91.2 cm³/mol. The molecular formula is C16H16FN5O3S. The molecule has 0 spiro atoms. The zero-order chi connectivity index (χ0) is 18.7. The van der Waals surface area contributed by atoms with Crippen LogP contribution in [0.5, 0.6) is 0 Å². The Morgan fingerprint density at radius 2 is 1.92 bits per heavy atom. The number of ether oxygens (including phenoxy) is 1. The predicted octanol–water partition coefficient (Wildman–Crippen LogP) is 1.94. The standard InChI is InChI=1S/C16H16FN5O3S/c1-3-25-10-22-15(13-8-9-18-16(19-13)26(2,23)24)14(20-21-22)11-4-6-12(17)7-5-11/h4-9H,3,10H2,1-2H3. The smallest absolute Gasteiger partial charge is 0.247 e. The van der Waals surface area contributed by atoms with Crippen molar-refractivity contribution in [1.29, 1.82) is 0 Å². The number of nitrogens with zero attached hydrogens (tertiary/aromatic N) is 5. The van der Waals surface area contributed by atoms with Crippen LogP contribution in [-0.2, 0) is 21.3 Å². The Hall–Kier alpha value is -2.72. The highest BCUT2D eigenvalue weighted by Crippen LogP contribution is 2.29. The maximum Gasteiger partial charge on any atom is 0.247 e. The minimum atomic E-state index is -3.58. The van der Waals surface area contributed by atoms with Crippen LogP contribution in [0.2, 0.25) is 0 Å². The summed E-state index contributed by atoms with van der Waals surface area (Å²) in [6.07, 6.45) is 2.38. The number of benzene rings is 1. The second-order valence-electron chi connectivity index (χ2n) is 5.41. The first-order valence-corrected chi connectivity index (χ1v) is 9.60. The molecule has 10 heteroatoms. The molecule has 0 fully saturated rings. The van der Waals surface area contributed by atoms with Gasteiger partial charge in [0.15, 0.2) is 0 Å². The number of sulfone groups is 1. The van der Waals surface area contributed by atoms with E-state index in [1.165, 1.54) is 23.0 Å². The zero-order valence-electron chi connectivity index (χ0n) is 14.1. The molecule has 136 valence electrons. The molecule has 0 saturated carbocycles. The van der Waals surface area contributed by atoms with Crippen molar-refractivity contribution in [2.24, 2.45) is 0 Å². The third-order valence-corrected chi connectivity index (χ3v) is 4.34. The molecule has 3 rings (SSSR count). The van der Waals surface area contributed by atoms with Crippen molar-refractivity contribution in [3.8, 4) is 22.6 Å². The van der Waals surface area contributed by atoms with E-state index in [0.717, 1.165) is 6.26 Å². The summed E-state index contributed by atoms with van der Waals surface area (Å²) in [5.41, 5.74) is 1.83. The van der Waals surface area contributed by atoms with E-state index >= 15 is 0 Å². The van der Waals surface area contributed by atoms with Gasteiger partial charge < -0.3 is 4.74 Å². The average molecular weight is 377 g/mol. The summed E-state index contributed by atoms with van der Waals surface area (Å²) in [6, 6.07) is 7.30. The van der Waals surface area contributed by atoms with Crippen molar-refractivity contribution in [3.63, 3.8) is 0 Å². The first-order valence-electron chi connectivity index (χ1n) is 7.70. The molecule has 1 aromatic carbocycles.